The van der Waals surface area contributed by atoms with Gasteiger partial charge in [-0.2, -0.15) is 0 Å². The molecule has 0 bridgehead atoms. The number of nitrogens with one attached hydrogen (secondary N) is 2. The van der Waals surface area contributed by atoms with Gasteiger partial charge in [0.1, 0.15) is 11.7 Å². The third-order valence-corrected chi connectivity index (χ3v) is 2.82. The Kier molecular flexibility index (Phi) is 2.81. The molecule has 1 aliphatic heterocycles. The van der Waals surface area contributed by atoms with Crippen LogP contribution in [0.5, 0.6) is 0 Å². The van der Waals surface area contributed by atoms with Gasteiger partial charge in [-0.25, -0.2) is 4.68 Å². The number of imide groups is 1. The second-order valence-electron chi connectivity index (χ2n) is 4.15. The molecule has 1 unspecified atom stereocenters. The maximum absolute atomic E-state index is 11.7. The van der Waals surface area contributed by atoms with Crippen LogP contribution >= 0.6 is 0 Å². The van der Waals surface area contributed by atoms with Crippen LogP contribution in [0.3, 0.4) is 0 Å². The van der Waals surface area contributed by atoms with Crippen LogP contribution < -0.4 is 10.6 Å². The highest BCUT2D eigenvalue weighted by Crippen LogP contribution is 2.13. The molecule has 2 N–H and O–H groups in total. The van der Waals surface area contributed by atoms with Gasteiger partial charge in [0.05, 0.1) is 18.4 Å². The van der Waals surface area contributed by atoms with E-state index < -0.39 is 11.9 Å². The summed E-state index contributed by atoms with van der Waals surface area (Å²) < 4.78 is 1.58. The van der Waals surface area contributed by atoms with Crippen molar-refractivity contribution in [2.24, 2.45) is 0 Å². The van der Waals surface area contributed by atoms with E-state index in [0.29, 0.717) is 5.69 Å². The quantitative estimate of drug-likeness (QED) is 0.712. The molecule has 1 aromatic carbocycles. The molecule has 1 atom stereocenters. The number of aromatic nitrogens is 3. The molecule has 96 valence electrons. The molecule has 7 nitrogen and oxygen atoms in total. The Morgan fingerprint density at radius 2 is 2.00 bits per heavy atom. The summed E-state index contributed by atoms with van der Waals surface area (Å²) in [5.41, 5.74) is 1.34. The molecule has 2 amide bonds. The zero-order valence-electron chi connectivity index (χ0n) is 9.91. The first kappa shape index (κ1) is 11.5. The van der Waals surface area contributed by atoms with Gasteiger partial charge in [0, 0.05) is 0 Å². The first-order valence-electron chi connectivity index (χ1n) is 5.79. The number of para-hydroxylation sites is 1. The Labute approximate surface area is 108 Å². The number of amides is 2. The predicted molar refractivity (Wildman–Crippen MR) is 65.3 cm³/mol. The van der Waals surface area contributed by atoms with Crippen LogP contribution in [0.25, 0.3) is 5.69 Å². The van der Waals surface area contributed by atoms with Crippen molar-refractivity contribution in [3.05, 3.63) is 42.2 Å². The molecule has 2 heterocycles. The van der Waals surface area contributed by atoms with Crippen LogP contribution in [0, 0.1) is 0 Å². The summed E-state index contributed by atoms with van der Waals surface area (Å²) in [7, 11) is 0. The van der Waals surface area contributed by atoms with E-state index in [9.17, 15) is 9.59 Å². The topological polar surface area (TPSA) is 88.9 Å². The van der Waals surface area contributed by atoms with Crippen molar-refractivity contribution in [3.8, 4) is 5.69 Å². The van der Waals surface area contributed by atoms with Crippen molar-refractivity contribution in [2.45, 2.75) is 6.04 Å². The monoisotopic (exact) mass is 257 g/mol. The highest BCUT2D eigenvalue weighted by molar-refractivity contribution is 6.01. The van der Waals surface area contributed by atoms with Gasteiger partial charge in [-0.3, -0.25) is 20.2 Å². The summed E-state index contributed by atoms with van der Waals surface area (Å²) in [5.74, 6) is -0.743. The minimum absolute atomic E-state index is 0.0919. The summed E-state index contributed by atoms with van der Waals surface area (Å²) in [5, 5.41) is 13.0. The zero-order valence-corrected chi connectivity index (χ0v) is 9.91. The number of carbonyl (C=O) groups is 2. The fourth-order valence-electron chi connectivity index (χ4n) is 1.90. The van der Waals surface area contributed by atoms with Gasteiger partial charge in [-0.05, 0) is 12.1 Å². The van der Waals surface area contributed by atoms with Gasteiger partial charge in [0.25, 0.3) is 0 Å². The van der Waals surface area contributed by atoms with E-state index >= 15 is 0 Å². The standard InChI is InChI=1S/C12H11N5O2/c18-10-6-13-11(12(19)14-10)9-7-17(16-15-9)8-4-2-1-3-5-8/h1-5,7,11,13H,6H2,(H,14,18,19). The Hall–Kier alpha value is -2.54. The normalized spacial score (nSPS) is 19.3. The van der Waals surface area contributed by atoms with Crippen molar-refractivity contribution >= 4 is 11.8 Å². The van der Waals surface area contributed by atoms with Crippen LogP contribution in [0.2, 0.25) is 0 Å². The maximum atomic E-state index is 11.7. The van der Waals surface area contributed by atoms with Gasteiger partial charge >= 0.3 is 0 Å². The van der Waals surface area contributed by atoms with E-state index in [1.807, 2.05) is 30.3 Å². The van der Waals surface area contributed by atoms with Crippen molar-refractivity contribution in [3.63, 3.8) is 0 Å². The van der Waals surface area contributed by atoms with Crippen LogP contribution in [-0.2, 0) is 9.59 Å². The third-order valence-electron chi connectivity index (χ3n) is 2.82. The Morgan fingerprint density at radius 3 is 2.74 bits per heavy atom. The second-order valence-corrected chi connectivity index (χ2v) is 4.15. The minimum Gasteiger partial charge on any atom is -0.294 e. The number of benzene rings is 1. The number of hydrogen-bond acceptors (Lipinski definition) is 5. The Balaban J connectivity index is 1.86. The lowest BCUT2D eigenvalue weighted by molar-refractivity contribution is -0.134. The highest BCUT2D eigenvalue weighted by Gasteiger charge is 2.29. The molecule has 0 saturated carbocycles. The van der Waals surface area contributed by atoms with Gasteiger partial charge in [-0.15, -0.1) is 5.10 Å². The van der Waals surface area contributed by atoms with Crippen molar-refractivity contribution in [2.75, 3.05) is 6.54 Å². The van der Waals surface area contributed by atoms with Crippen LogP contribution in [0.1, 0.15) is 11.7 Å². The molecule has 0 aliphatic carbocycles. The number of rotatable bonds is 2. The third kappa shape index (κ3) is 2.23. The second kappa shape index (κ2) is 4.62. The molecule has 7 heteroatoms. The van der Waals surface area contributed by atoms with E-state index in [2.05, 4.69) is 20.9 Å². The molecule has 0 spiro atoms. The average Bonchev–Trinajstić information content (AvgIpc) is 2.89. The molecule has 1 fully saturated rings. The van der Waals surface area contributed by atoms with Crippen LogP contribution in [-0.4, -0.2) is 33.4 Å². The predicted octanol–water partition coefficient (Wildman–Crippen LogP) is -0.446. The summed E-state index contributed by atoms with van der Waals surface area (Å²) in [4.78, 5) is 22.7. The molecular weight excluding hydrogens is 246 g/mol. The molecule has 3 rings (SSSR count). The van der Waals surface area contributed by atoms with Crippen LogP contribution in [0.15, 0.2) is 36.5 Å². The summed E-state index contributed by atoms with van der Waals surface area (Å²) in [6, 6.07) is 8.81. The van der Waals surface area contributed by atoms with Crippen molar-refractivity contribution < 1.29 is 9.59 Å². The number of nitrogens with zero attached hydrogens (tertiary/aromatic N) is 3. The number of carbonyl (C=O) groups excluding carboxylic acids is 2. The first-order valence-corrected chi connectivity index (χ1v) is 5.79. The molecule has 1 saturated heterocycles. The summed E-state index contributed by atoms with van der Waals surface area (Å²) in [6.07, 6.45) is 1.67. The van der Waals surface area contributed by atoms with E-state index in [1.165, 1.54) is 0 Å². The number of piperazine rings is 1. The first-order chi connectivity index (χ1) is 9.24. The average molecular weight is 257 g/mol. The molecule has 0 radical (unpaired) electrons. The Morgan fingerprint density at radius 1 is 1.21 bits per heavy atom. The van der Waals surface area contributed by atoms with Crippen molar-refractivity contribution in [1.82, 2.24) is 25.6 Å². The summed E-state index contributed by atoms with van der Waals surface area (Å²) in [6.45, 7) is 0.0919. The lowest BCUT2D eigenvalue weighted by Crippen LogP contribution is -2.51. The fraction of sp³-hybridized carbons (Fsp3) is 0.167. The van der Waals surface area contributed by atoms with E-state index in [1.54, 1.807) is 10.9 Å². The highest BCUT2D eigenvalue weighted by atomic mass is 16.2. The van der Waals surface area contributed by atoms with Gasteiger partial charge in [0.2, 0.25) is 11.8 Å². The minimum atomic E-state index is -0.643. The van der Waals surface area contributed by atoms with Gasteiger partial charge in [-0.1, -0.05) is 23.4 Å². The largest absolute Gasteiger partial charge is 0.294 e. The van der Waals surface area contributed by atoms with Gasteiger partial charge < -0.3 is 0 Å². The van der Waals surface area contributed by atoms with Crippen LogP contribution in [0.4, 0.5) is 0 Å². The SMILES string of the molecule is O=C1CNC(c2cn(-c3ccccc3)nn2)C(=O)N1. The Bertz CT molecular complexity index is 622. The maximum Gasteiger partial charge on any atom is 0.250 e. The van der Waals surface area contributed by atoms with Gasteiger partial charge in [0.15, 0.2) is 0 Å². The lowest BCUT2D eigenvalue weighted by atomic mass is 10.1. The molecule has 1 aliphatic rings. The molecule has 2 aromatic rings. The van der Waals surface area contributed by atoms with E-state index in [4.69, 9.17) is 0 Å². The number of hydrogen-bond donors (Lipinski definition) is 2. The molecule has 19 heavy (non-hydrogen) atoms. The van der Waals surface area contributed by atoms with E-state index in [0.717, 1.165) is 5.69 Å². The fourth-order valence-corrected chi connectivity index (χ4v) is 1.90. The van der Waals surface area contributed by atoms with E-state index in [-0.39, 0.29) is 12.5 Å². The smallest absolute Gasteiger partial charge is 0.250 e. The molecular formula is C12H11N5O2. The zero-order chi connectivity index (χ0) is 13.2. The summed E-state index contributed by atoms with van der Waals surface area (Å²) >= 11 is 0. The molecule has 1 aromatic heterocycles. The van der Waals surface area contributed by atoms with Crippen molar-refractivity contribution in [1.29, 1.82) is 0 Å². The lowest BCUT2D eigenvalue weighted by Gasteiger charge is -2.19.